The zero-order valence-corrected chi connectivity index (χ0v) is 25.7. The van der Waals surface area contributed by atoms with E-state index in [9.17, 15) is 0 Å². The summed E-state index contributed by atoms with van der Waals surface area (Å²) < 4.78 is 0. The van der Waals surface area contributed by atoms with E-state index in [2.05, 4.69) is 158 Å². The molecule has 8 aromatic carbocycles. The molecule has 0 radical (unpaired) electrons. The van der Waals surface area contributed by atoms with Crippen LogP contribution in [0.1, 0.15) is 22.3 Å². The minimum atomic E-state index is -0.381. The zero-order chi connectivity index (χ0) is 30.0. The lowest BCUT2D eigenvalue weighted by Gasteiger charge is -2.31. The number of fused-ring (bicyclic) bond motifs is 14. The van der Waals surface area contributed by atoms with Gasteiger partial charge in [0.1, 0.15) is 0 Å². The van der Waals surface area contributed by atoms with Crippen molar-refractivity contribution in [1.82, 2.24) is 0 Å². The summed E-state index contributed by atoms with van der Waals surface area (Å²) in [7, 11) is 0. The molecule has 11 rings (SSSR count). The number of hydrogen-bond acceptors (Lipinski definition) is 1. The Morgan fingerprint density at radius 3 is 1.87 bits per heavy atom. The SMILES string of the molecule is c1ccc2c(c1)-c1ccccc1C21c2cc(-c3cccc4c3-c3cccc5cccc(c35)S4)ccc2-c2c1ccc1ccccc21. The molecule has 1 heterocycles. The predicted molar refractivity (Wildman–Crippen MR) is 193 cm³/mol. The van der Waals surface area contributed by atoms with Crippen molar-refractivity contribution in [3.05, 3.63) is 180 Å². The lowest BCUT2D eigenvalue weighted by Crippen LogP contribution is -2.25. The van der Waals surface area contributed by atoms with Gasteiger partial charge in [-0.15, -0.1) is 0 Å². The third-order valence-electron chi connectivity index (χ3n) is 10.7. The van der Waals surface area contributed by atoms with Crippen molar-refractivity contribution in [2.75, 3.05) is 0 Å². The Balaban J connectivity index is 1.25. The van der Waals surface area contributed by atoms with E-state index in [1.165, 1.54) is 98.1 Å². The van der Waals surface area contributed by atoms with Crippen LogP contribution in [0.3, 0.4) is 0 Å². The Kier molecular flexibility index (Phi) is 4.80. The van der Waals surface area contributed by atoms with Crippen molar-refractivity contribution in [3.8, 4) is 44.5 Å². The van der Waals surface area contributed by atoms with Gasteiger partial charge in [0.05, 0.1) is 5.41 Å². The van der Waals surface area contributed by atoms with Gasteiger partial charge < -0.3 is 0 Å². The first-order valence-electron chi connectivity index (χ1n) is 16.0. The van der Waals surface area contributed by atoms with Crippen LogP contribution in [0, 0.1) is 0 Å². The molecule has 0 amide bonds. The lowest BCUT2D eigenvalue weighted by atomic mass is 9.70. The highest BCUT2D eigenvalue weighted by Crippen LogP contribution is 2.64. The standard InChI is InChI=1S/C45H26S/c1-2-13-30-27(10-1)23-25-38-43(30)34-24-22-29(26-39(34)45(38)36-18-5-3-14-32(36)33-15-4-6-19-37(33)45)31-16-9-21-41-44(31)35-17-7-11-28-12-8-20-40(46-41)42(28)35/h1-26H. The summed E-state index contributed by atoms with van der Waals surface area (Å²) in [4.78, 5) is 2.66. The zero-order valence-electron chi connectivity index (χ0n) is 24.9. The maximum Gasteiger partial charge on any atom is 0.0725 e. The fraction of sp³-hybridized carbons (Fsp3) is 0.0222. The molecule has 1 spiro atoms. The van der Waals surface area contributed by atoms with Crippen molar-refractivity contribution in [1.29, 1.82) is 0 Å². The summed E-state index contributed by atoms with van der Waals surface area (Å²) in [5, 5.41) is 5.28. The minimum absolute atomic E-state index is 0.381. The second-order valence-electron chi connectivity index (χ2n) is 12.8. The Bertz CT molecular complexity index is 2570. The Morgan fingerprint density at radius 1 is 0.370 bits per heavy atom. The molecule has 0 aromatic heterocycles. The summed E-state index contributed by atoms with van der Waals surface area (Å²) in [6.07, 6.45) is 0. The molecular formula is C45H26S. The van der Waals surface area contributed by atoms with Crippen molar-refractivity contribution in [2.45, 2.75) is 15.2 Å². The smallest absolute Gasteiger partial charge is 0.0725 e. The average Bonchev–Trinajstić information content (AvgIpc) is 3.59. The van der Waals surface area contributed by atoms with Gasteiger partial charge in [0.2, 0.25) is 0 Å². The van der Waals surface area contributed by atoms with Gasteiger partial charge >= 0.3 is 0 Å². The molecule has 0 atom stereocenters. The molecule has 0 nitrogen and oxygen atoms in total. The second-order valence-corrected chi connectivity index (χ2v) is 13.8. The molecule has 0 fully saturated rings. The van der Waals surface area contributed by atoms with Crippen molar-refractivity contribution in [2.24, 2.45) is 0 Å². The van der Waals surface area contributed by atoms with E-state index >= 15 is 0 Å². The van der Waals surface area contributed by atoms with Gasteiger partial charge in [0.25, 0.3) is 0 Å². The van der Waals surface area contributed by atoms with E-state index in [0.717, 1.165) is 0 Å². The van der Waals surface area contributed by atoms with Crippen LogP contribution < -0.4 is 0 Å². The fourth-order valence-corrected chi connectivity index (χ4v) is 10.1. The summed E-state index contributed by atoms with van der Waals surface area (Å²) in [6, 6.07) is 59.4. The number of benzene rings is 8. The molecule has 0 bridgehead atoms. The quantitative estimate of drug-likeness (QED) is 0.181. The van der Waals surface area contributed by atoms with Gasteiger partial charge in [0.15, 0.2) is 0 Å². The summed E-state index contributed by atoms with van der Waals surface area (Å²) in [6.45, 7) is 0. The van der Waals surface area contributed by atoms with Gasteiger partial charge in [0, 0.05) is 20.7 Å². The number of rotatable bonds is 1. The van der Waals surface area contributed by atoms with Crippen LogP contribution in [0.4, 0.5) is 0 Å². The van der Waals surface area contributed by atoms with Crippen molar-refractivity contribution < 1.29 is 0 Å². The third kappa shape index (κ3) is 2.97. The molecule has 1 heteroatoms. The minimum Gasteiger partial charge on any atom is -0.0888 e. The van der Waals surface area contributed by atoms with Crippen molar-refractivity contribution in [3.63, 3.8) is 0 Å². The van der Waals surface area contributed by atoms with Crippen LogP contribution in [-0.2, 0) is 5.41 Å². The first-order chi connectivity index (χ1) is 22.8. The molecule has 0 unspecified atom stereocenters. The van der Waals surface area contributed by atoms with Crippen LogP contribution in [-0.4, -0.2) is 0 Å². The van der Waals surface area contributed by atoms with E-state index in [1.54, 1.807) is 0 Å². The van der Waals surface area contributed by atoms with Gasteiger partial charge in [-0.05, 0) is 95.6 Å². The van der Waals surface area contributed by atoms with Crippen LogP contribution >= 0.6 is 11.8 Å². The van der Waals surface area contributed by atoms with E-state index in [4.69, 9.17) is 0 Å². The van der Waals surface area contributed by atoms with Gasteiger partial charge in [-0.25, -0.2) is 0 Å². The summed E-state index contributed by atoms with van der Waals surface area (Å²) >= 11 is 1.90. The highest BCUT2D eigenvalue weighted by molar-refractivity contribution is 7.99. The van der Waals surface area contributed by atoms with E-state index in [0.29, 0.717) is 0 Å². The topological polar surface area (TPSA) is 0 Å². The summed E-state index contributed by atoms with van der Waals surface area (Å²) in [5.41, 5.74) is 15.8. The maximum absolute atomic E-state index is 2.53. The van der Waals surface area contributed by atoms with Crippen LogP contribution in [0.15, 0.2) is 168 Å². The lowest BCUT2D eigenvalue weighted by molar-refractivity contribution is 0.795. The molecule has 0 saturated carbocycles. The highest BCUT2D eigenvalue weighted by Gasteiger charge is 2.52. The van der Waals surface area contributed by atoms with Crippen LogP contribution in [0.25, 0.3) is 66.1 Å². The Morgan fingerprint density at radius 2 is 1.02 bits per heavy atom. The monoisotopic (exact) mass is 598 g/mol. The van der Waals surface area contributed by atoms with Crippen molar-refractivity contribution >= 4 is 33.3 Å². The summed E-state index contributed by atoms with van der Waals surface area (Å²) in [5.74, 6) is 0. The first kappa shape index (κ1) is 24.9. The molecule has 1 aliphatic heterocycles. The molecular weight excluding hydrogens is 573 g/mol. The molecule has 46 heavy (non-hydrogen) atoms. The normalized spacial score (nSPS) is 14.2. The molecule has 3 aliphatic rings. The molecule has 8 aromatic rings. The fourth-order valence-electron chi connectivity index (χ4n) is 8.93. The largest absolute Gasteiger partial charge is 0.0888 e. The van der Waals surface area contributed by atoms with Gasteiger partial charge in [-0.3, -0.25) is 0 Å². The number of hydrogen-bond donors (Lipinski definition) is 0. The third-order valence-corrected chi connectivity index (χ3v) is 11.8. The van der Waals surface area contributed by atoms with E-state index in [-0.39, 0.29) is 5.41 Å². The molecule has 2 aliphatic carbocycles. The second kappa shape index (κ2) is 8.88. The Labute approximate surface area is 272 Å². The molecule has 212 valence electrons. The predicted octanol–water partition coefficient (Wildman–Crippen LogP) is 12.1. The Hall–Kier alpha value is -5.37. The molecule has 0 saturated heterocycles. The average molecular weight is 599 g/mol. The van der Waals surface area contributed by atoms with Crippen LogP contribution in [0.2, 0.25) is 0 Å². The van der Waals surface area contributed by atoms with Crippen LogP contribution in [0.5, 0.6) is 0 Å². The highest BCUT2D eigenvalue weighted by atomic mass is 32.2. The maximum atomic E-state index is 2.53. The molecule has 0 N–H and O–H groups in total. The first-order valence-corrected chi connectivity index (χ1v) is 16.8. The van der Waals surface area contributed by atoms with E-state index in [1.807, 2.05) is 11.8 Å². The van der Waals surface area contributed by atoms with Gasteiger partial charge in [-0.2, -0.15) is 0 Å². The van der Waals surface area contributed by atoms with Gasteiger partial charge in [-0.1, -0.05) is 151 Å². The van der Waals surface area contributed by atoms with E-state index < -0.39 is 0 Å².